The summed E-state index contributed by atoms with van der Waals surface area (Å²) in [6.45, 7) is 10.2. The fourth-order valence-electron chi connectivity index (χ4n) is 2.15. The molecule has 0 saturated carbocycles. The van der Waals surface area contributed by atoms with Gasteiger partial charge < -0.3 is 5.32 Å². The van der Waals surface area contributed by atoms with Crippen LogP contribution in [0.4, 0.5) is 0 Å². The third-order valence-corrected chi connectivity index (χ3v) is 2.98. The second kappa shape index (κ2) is 5.23. The van der Waals surface area contributed by atoms with Crippen LogP contribution in [0, 0.1) is 6.92 Å². The zero-order valence-corrected chi connectivity index (χ0v) is 9.82. The monoisotopic (exact) mass is 217 g/mol. The number of piperazine rings is 1. The van der Waals surface area contributed by atoms with Gasteiger partial charge in [-0.1, -0.05) is 12.1 Å². The lowest BCUT2D eigenvalue weighted by atomic mass is 10.1. The van der Waals surface area contributed by atoms with Crippen LogP contribution < -0.4 is 5.32 Å². The Morgan fingerprint density at radius 3 is 2.81 bits per heavy atom. The summed E-state index contributed by atoms with van der Waals surface area (Å²) in [4.78, 5) is 7.01. The zero-order valence-electron chi connectivity index (χ0n) is 9.82. The average molecular weight is 217 g/mol. The minimum atomic E-state index is 0.252. The molecule has 1 fully saturated rings. The molecule has 1 aliphatic heterocycles. The number of nitrogens with zero attached hydrogens (tertiary/aromatic N) is 2. The third-order valence-electron chi connectivity index (χ3n) is 2.98. The number of hydrogen-bond acceptors (Lipinski definition) is 3. The van der Waals surface area contributed by atoms with Crippen molar-refractivity contribution in [3.05, 3.63) is 42.2 Å². The summed E-state index contributed by atoms with van der Waals surface area (Å²) in [6, 6.07) is 6.43. The van der Waals surface area contributed by atoms with Crippen LogP contribution >= 0.6 is 0 Å². The highest BCUT2D eigenvalue weighted by Crippen LogP contribution is 2.20. The van der Waals surface area contributed by atoms with Crippen LogP contribution in [0.25, 0.3) is 0 Å². The van der Waals surface area contributed by atoms with Crippen molar-refractivity contribution in [3.63, 3.8) is 0 Å². The highest BCUT2D eigenvalue weighted by Gasteiger charge is 2.20. The molecule has 0 unspecified atom stereocenters. The molecule has 2 heterocycles. The van der Waals surface area contributed by atoms with Crippen LogP contribution in [0.3, 0.4) is 0 Å². The first-order chi connectivity index (χ1) is 7.81. The van der Waals surface area contributed by atoms with Gasteiger partial charge in [0.15, 0.2) is 0 Å². The molecule has 1 atom stereocenters. The summed E-state index contributed by atoms with van der Waals surface area (Å²) >= 11 is 0. The lowest BCUT2D eigenvalue weighted by Crippen LogP contribution is -2.44. The quantitative estimate of drug-likeness (QED) is 0.778. The van der Waals surface area contributed by atoms with Crippen LogP contribution in [-0.2, 0) is 0 Å². The van der Waals surface area contributed by atoms with Crippen LogP contribution in [0.2, 0.25) is 0 Å². The second-order valence-corrected chi connectivity index (χ2v) is 4.17. The number of hydrogen-bond donors (Lipinski definition) is 1. The van der Waals surface area contributed by atoms with Gasteiger partial charge in [-0.2, -0.15) is 0 Å². The van der Waals surface area contributed by atoms with E-state index in [1.54, 1.807) is 0 Å². The Morgan fingerprint density at radius 2 is 2.19 bits per heavy atom. The molecule has 0 spiro atoms. The van der Waals surface area contributed by atoms with Gasteiger partial charge in [0.1, 0.15) is 0 Å². The maximum absolute atomic E-state index is 4.59. The standard InChI is InChI=1S/C13H19N3/c1-3-13(16-9-7-14-8-10-16)12-6-4-5-11(2)15-12/h3-6,13-14H,1,7-10H2,2H3/t13-/m0/s1. The fraction of sp³-hybridized carbons (Fsp3) is 0.462. The molecule has 0 radical (unpaired) electrons. The van der Waals surface area contributed by atoms with Gasteiger partial charge in [0.05, 0.1) is 11.7 Å². The molecule has 0 amide bonds. The molecular weight excluding hydrogens is 198 g/mol. The van der Waals surface area contributed by atoms with Crippen LogP contribution in [0.15, 0.2) is 30.9 Å². The van der Waals surface area contributed by atoms with Crippen molar-refractivity contribution in [2.45, 2.75) is 13.0 Å². The molecule has 1 saturated heterocycles. The van der Waals surface area contributed by atoms with E-state index in [4.69, 9.17) is 0 Å². The number of nitrogens with one attached hydrogen (secondary N) is 1. The first-order valence-corrected chi connectivity index (χ1v) is 5.82. The molecule has 1 aromatic heterocycles. The van der Waals surface area contributed by atoms with Crippen molar-refractivity contribution in [2.75, 3.05) is 26.2 Å². The Balaban J connectivity index is 2.17. The third kappa shape index (κ3) is 2.49. The molecule has 3 heteroatoms. The van der Waals surface area contributed by atoms with Crippen molar-refractivity contribution in [2.24, 2.45) is 0 Å². The summed E-state index contributed by atoms with van der Waals surface area (Å²) in [5.74, 6) is 0. The van der Waals surface area contributed by atoms with E-state index in [-0.39, 0.29) is 6.04 Å². The van der Waals surface area contributed by atoms with Crippen LogP contribution in [-0.4, -0.2) is 36.1 Å². The van der Waals surface area contributed by atoms with E-state index in [0.717, 1.165) is 37.6 Å². The Morgan fingerprint density at radius 1 is 1.44 bits per heavy atom. The summed E-state index contributed by atoms with van der Waals surface area (Å²) < 4.78 is 0. The zero-order chi connectivity index (χ0) is 11.4. The molecule has 1 aliphatic rings. The van der Waals surface area contributed by atoms with E-state index in [1.165, 1.54) is 0 Å². The predicted octanol–water partition coefficient (Wildman–Crippen LogP) is 1.52. The Bertz CT molecular complexity index is 356. The normalized spacial score (nSPS) is 19.3. The molecule has 0 aliphatic carbocycles. The van der Waals surface area contributed by atoms with Crippen LogP contribution in [0.5, 0.6) is 0 Å². The van der Waals surface area contributed by atoms with E-state index < -0.39 is 0 Å². The maximum atomic E-state index is 4.59. The fourth-order valence-corrected chi connectivity index (χ4v) is 2.15. The van der Waals surface area contributed by atoms with Gasteiger partial charge in [0, 0.05) is 31.9 Å². The van der Waals surface area contributed by atoms with E-state index >= 15 is 0 Å². The summed E-state index contributed by atoms with van der Waals surface area (Å²) in [6.07, 6.45) is 1.99. The van der Waals surface area contributed by atoms with Gasteiger partial charge in [0.25, 0.3) is 0 Å². The highest BCUT2D eigenvalue weighted by molar-refractivity contribution is 5.17. The lowest BCUT2D eigenvalue weighted by molar-refractivity contribution is 0.200. The van der Waals surface area contributed by atoms with Gasteiger partial charge in [-0.3, -0.25) is 9.88 Å². The van der Waals surface area contributed by atoms with E-state index in [2.05, 4.69) is 33.9 Å². The number of rotatable bonds is 3. The minimum Gasteiger partial charge on any atom is -0.314 e. The summed E-state index contributed by atoms with van der Waals surface area (Å²) in [7, 11) is 0. The topological polar surface area (TPSA) is 28.2 Å². The molecule has 1 aromatic rings. The van der Waals surface area contributed by atoms with Crippen molar-refractivity contribution in [1.82, 2.24) is 15.2 Å². The number of pyridine rings is 1. The molecule has 3 nitrogen and oxygen atoms in total. The van der Waals surface area contributed by atoms with Gasteiger partial charge >= 0.3 is 0 Å². The van der Waals surface area contributed by atoms with Crippen molar-refractivity contribution in [3.8, 4) is 0 Å². The molecule has 0 bridgehead atoms. The number of aryl methyl sites for hydroxylation is 1. The second-order valence-electron chi connectivity index (χ2n) is 4.17. The number of aromatic nitrogens is 1. The lowest BCUT2D eigenvalue weighted by Gasteiger charge is -2.32. The minimum absolute atomic E-state index is 0.252. The van der Waals surface area contributed by atoms with Gasteiger partial charge in [-0.05, 0) is 19.1 Å². The largest absolute Gasteiger partial charge is 0.314 e. The maximum Gasteiger partial charge on any atom is 0.0704 e. The van der Waals surface area contributed by atoms with Gasteiger partial charge in [-0.25, -0.2) is 0 Å². The van der Waals surface area contributed by atoms with Gasteiger partial charge in [-0.15, -0.1) is 6.58 Å². The Hall–Kier alpha value is -1.19. The Labute approximate surface area is 97.2 Å². The van der Waals surface area contributed by atoms with E-state index in [1.807, 2.05) is 19.1 Å². The Kier molecular flexibility index (Phi) is 3.70. The first-order valence-electron chi connectivity index (χ1n) is 5.82. The predicted molar refractivity (Wildman–Crippen MR) is 66.4 cm³/mol. The first kappa shape index (κ1) is 11.3. The molecule has 16 heavy (non-hydrogen) atoms. The highest BCUT2D eigenvalue weighted by atomic mass is 15.2. The van der Waals surface area contributed by atoms with Crippen molar-refractivity contribution >= 4 is 0 Å². The van der Waals surface area contributed by atoms with Gasteiger partial charge in [0.2, 0.25) is 0 Å². The molecule has 1 N–H and O–H groups in total. The smallest absolute Gasteiger partial charge is 0.0704 e. The molecule has 86 valence electrons. The average Bonchev–Trinajstić information content (AvgIpc) is 2.31. The molecule has 2 rings (SSSR count). The molecule has 0 aromatic carbocycles. The van der Waals surface area contributed by atoms with Crippen molar-refractivity contribution < 1.29 is 0 Å². The summed E-state index contributed by atoms with van der Waals surface area (Å²) in [5.41, 5.74) is 2.18. The molecular formula is C13H19N3. The van der Waals surface area contributed by atoms with Crippen molar-refractivity contribution in [1.29, 1.82) is 0 Å². The van der Waals surface area contributed by atoms with E-state index in [0.29, 0.717) is 0 Å². The van der Waals surface area contributed by atoms with E-state index in [9.17, 15) is 0 Å². The SMILES string of the molecule is C=C[C@@H](c1cccc(C)n1)N1CCNCC1. The van der Waals surface area contributed by atoms with Crippen LogP contribution in [0.1, 0.15) is 17.4 Å². The summed E-state index contributed by atoms with van der Waals surface area (Å²) in [5, 5.41) is 3.36.